The maximum atomic E-state index is 12.9. The van der Waals surface area contributed by atoms with Gasteiger partial charge in [0.05, 0.1) is 0 Å². The summed E-state index contributed by atoms with van der Waals surface area (Å²) in [6.07, 6.45) is 70.7. The van der Waals surface area contributed by atoms with Gasteiger partial charge in [-0.3, -0.25) is 14.4 Å². The van der Waals surface area contributed by atoms with E-state index in [1.807, 2.05) is 0 Å². The average molecular weight is 952 g/mol. The van der Waals surface area contributed by atoms with Gasteiger partial charge in [0.15, 0.2) is 6.10 Å². The third-order valence-electron chi connectivity index (χ3n) is 12.8. The Labute approximate surface area is 421 Å². The topological polar surface area (TPSA) is 78.9 Å². The molecule has 0 unspecified atom stereocenters. The SMILES string of the molecule is CC/C=C/C/C=C/C/C=C/CCCCCCCC(=O)OC[C@H](COC(=O)CCCCCCCCCCCCCCCCCCCC)OC(=O)CCCCCCCCC/C=C/C/C=C/CCCCC. The fourth-order valence-electron chi connectivity index (χ4n) is 8.37. The van der Waals surface area contributed by atoms with Crippen molar-refractivity contribution in [3.63, 3.8) is 0 Å². The molecule has 0 N–H and O–H groups in total. The maximum Gasteiger partial charge on any atom is 0.306 e. The van der Waals surface area contributed by atoms with Crippen molar-refractivity contribution in [2.45, 2.75) is 303 Å². The van der Waals surface area contributed by atoms with Crippen molar-refractivity contribution in [3.8, 4) is 0 Å². The van der Waals surface area contributed by atoms with Crippen LogP contribution in [-0.4, -0.2) is 37.2 Å². The van der Waals surface area contributed by atoms with Gasteiger partial charge >= 0.3 is 17.9 Å². The van der Waals surface area contributed by atoms with Crippen molar-refractivity contribution in [3.05, 3.63) is 60.8 Å². The fraction of sp³-hybridized carbons (Fsp3) is 0.790. The van der Waals surface area contributed by atoms with Crippen molar-refractivity contribution in [1.29, 1.82) is 0 Å². The van der Waals surface area contributed by atoms with Gasteiger partial charge in [-0.05, 0) is 83.5 Å². The van der Waals surface area contributed by atoms with E-state index in [4.69, 9.17) is 14.2 Å². The second kappa shape index (κ2) is 56.7. The Hall–Kier alpha value is -2.89. The van der Waals surface area contributed by atoms with E-state index in [1.54, 1.807) is 0 Å². The Bertz CT molecular complexity index is 1230. The van der Waals surface area contributed by atoms with Crippen LogP contribution in [0.1, 0.15) is 297 Å². The predicted molar refractivity (Wildman–Crippen MR) is 293 cm³/mol. The van der Waals surface area contributed by atoms with Gasteiger partial charge in [0.1, 0.15) is 13.2 Å². The minimum absolute atomic E-state index is 0.0805. The molecule has 0 aliphatic rings. The normalized spacial score (nSPS) is 12.5. The van der Waals surface area contributed by atoms with E-state index in [2.05, 4.69) is 81.5 Å². The summed E-state index contributed by atoms with van der Waals surface area (Å²) in [6.45, 7) is 6.52. The highest BCUT2D eigenvalue weighted by atomic mass is 16.6. The van der Waals surface area contributed by atoms with Crippen molar-refractivity contribution >= 4 is 17.9 Å². The molecule has 0 saturated heterocycles. The molecule has 0 radical (unpaired) electrons. The van der Waals surface area contributed by atoms with Crippen LogP contribution < -0.4 is 0 Å². The Kier molecular flexibility index (Phi) is 54.3. The molecule has 0 aromatic heterocycles. The summed E-state index contributed by atoms with van der Waals surface area (Å²) in [5.74, 6) is -0.893. The van der Waals surface area contributed by atoms with E-state index in [0.29, 0.717) is 19.3 Å². The minimum Gasteiger partial charge on any atom is -0.462 e. The first-order valence-corrected chi connectivity index (χ1v) is 29.3. The van der Waals surface area contributed by atoms with Gasteiger partial charge in [0, 0.05) is 19.3 Å². The summed E-state index contributed by atoms with van der Waals surface area (Å²) < 4.78 is 16.9. The van der Waals surface area contributed by atoms with Crippen LogP contribution in [0.4, 0.5) is 0 Å². The summed E-state index contributed by atoms with van der Waals surface area (Å²) in [4.78, 5) is 38.2. The highest BCUT2D eigenvalue weighted by Crippen LogP contribution is 2.16. The molecule has 0 aliphatic heterocycles. The van der Waals surface area contributed by atoms with Gasteiger partial charge in [0.2, 0.25) is 0 Å². The molecule has 0 saturated carbocycles. The van der Waals surface area contributed by atoms with Crippen LogP contribution in [0.2, 0.25) is 0 Å². The Morgan fingerprint density at radius 3 is 0.926 bits per heavy atom. The third kappa shape index (κ3) is 54.1. The zero-order chi connectivity index (χ0) is 49.3. The number of carbonyl (C=O) groups is 3. The van der Waals surface area contributed by atoms with Gasteiger partial charge in [-0.1, -0.05) is 255 Å². The molecule has 0 amide bonds. The molecule has 0 heterocycles. The molecule has 0 spiro atoms. The molecular formula is C62H110O6. The van der Waals surface area contributed by atoms with E-state index in [0.717, 1.165) is 109 Å². The highest BCUT2D eigenvalue weighted by Gasteiger charge is 2.19. The van der Waals surface area contributed by atoms with E-state index in [-0.39, 0.29) is 31.1 Å². The Balaban J connectivity index is 4.38. The molecule has 0 fully saturated rings. The fourth-order valence-corrected chi connectivity index (χ4v) is 8.37. The lowest BCUT2D eigenvalue weighted by Gasteiger charge is -2.18. The minimum atomic E-state index is -0.784. The Morgan fingerprint density at radius 1 is 0.309 bits per heavy atom. The predicted octanol–water partition coefficient (Wildman–Crippen LogP) is 19.6. The molecular weight excluding hydrogens is 841 g/mol. The lowest BCUT2D eigenvalue weighted by Crippen LogP contribution is -2.30. The van der Waals surface area contributed by atoms with Crippen molar-refractivity contribution < 1.29 is 28.6 Å². The monoisotopic (exact) mass is 951 g/mol. The average Bonchev–Trinajstić information content (AvgIpc) is 3.34. The molecule has 0 aromatic carbocycles. The van der Waals surface area contributed by atoms with Gasteiger partial charge in [-0.2, -0.15) is 0 Å². The first-order chi connectivity index (χ1) is 33.5. The first-order valence-electron chi connectivity index (χ1n) is 29.3. The van der Waals surface area contributed by atoms with Crippen molar-refractivity contribution in [1.82, 2.24) is 0 Å². The van der Waals surface area contributed by atoms with Crippen molar-refractivity contribution in [2.75, 3.05) is 13.2 Å². The van der Waals surface area contributed by atoms with Crippen LogP contribution in [-0.2, 0) is 28.6 Å². The zero-order valence-corrected chi connectivity index (χ0v) is 45.1. The van der Waals surface area contributed by atoms with Crippen LogP contribution in [0.3, 0.4) is 0 Å². The smallest absolute Gasteiger partial charge is 0.306 e. The summed E-state index contributed by atoms with van der Waals surface area (Å²) in [7, 11) is 0. The second-order valence-corrected chi connectivity index (χ2v) is 19.5. The summed E-state index contributed by atoms with van der Waals surface area (Å²) >= 11 is 0. The summed E-state index contributed by atoms with van der Waals surface area (Å²) in [5, 5.41) is 0. The molecule has 1 atom stereocenters. The molecule has 6 heteroatoms. The van der Waals surface area contributed by atoms with Crippen LogP contribution in [0.15, 0.2) is 60.8 Å². The first kappa shape index (κ1) is 65.1. The molecule has 0 bridgehead atoms. The number of unbranched alkanes of at least 4 members (excludes halogenated alkanes) is 32. The summed E-state index contributed by atoms with van der Waals surface area (Å²) in [5.41, 5.74) is 0. The molecule has 394 valence electrons. The van der Waals surface area contributed by atoms with Crippen LogP contribution in [0.5, 0.6) is 0 Å². The van der Waals surface area contributed by atoms with Crippen LogP contribution in [0.25, 0.3) is 0 Å². The van der Waals surface area contributed by atoms with E-state index in [1.165, 1.54) is 148 Å². The number of carbonyl (C=O) groups excluding carboxylic acids is 3. The molecule has 0 rings (SSSR count). The lowest BCUT2D eigenvalue weighted by molar-refractivity contribution is -0.167. The van der Waals surface area contributed by atoms with Gasteiger partial charge < -0.3 is 14.2 Å². The number of ether oxygens (including phenoxy) is 3. The highest BCUT2D eigenvalue weighted by molar-refractivity contribution is 5.71. The van der Waals surface area contributed by atoms with E-state index < -0.39 is 6.10 Å². The Morgan fingerprint density at radius 2 is 0.574 bits per heavy atom. The molecule has 0 aromatic rings. The largest absolute Gasteiger partial charge is 0.462 e. The standard InChI is InChI=1S/C62H110O6/c1-4-7-10-13-16-19-22-25-28-30-32-34-37-40-43-46-49-52-55-61(64)67-58-59(57-66-60(63)54-51-48-45-42-39-36-33-27-24-21-18-15-12-9-6-3)68-62(65)56-53-50-47-44-41-38-35-31-29-26-23-20-17-14-11-8-5-2/h9,12,17-18,20-21,26-27,29,33,59H,4-8,10-11,13-16,19,22-25,28,30-32,34-58H2,1-3H3/b12-9+,20-17+,21-18+,29-26+,33-27+/t59-/m1/s1. The number of rotatable bonds is 53. The van der Waals surface area contributed by atoms with Crippen LogP contribution >= 0.6 is 0 Å². The van der Waals surface area contributed by atoms with E-state index >= 15 is 0 Å². The molecule has 6 nitrogen and oxygen atoms in total. The number of allylic oxidation sites excluding steroid dienone is 10. The number of hydrogen-bond acceptors (Lipinski definition) is 6. The molecule has 0 aliphatic carbocycles. The van der Waals surface area contributed by atoms with Gasteiger partial charge in [-0.15, -0.1) is 0 Å². The lowest BCUT2D eigenvalue weighted by atomic mass is 10.0. The maximum absolute atomic E-state index is 12.9. The second-order valence-electron chi connectivity index (χ2n) is 19.5. The molecule has 68 heavy (non-hydrogen) atoms. The number of esters is 3. The van der Waals surface area contributed by atoms with Gasteiger partial charge in [-0.25, -0.2) is 0 Å². The number of hydrogen-bond donors (Lipinski definition) is 0. The quantitative estimate of drug-likeness (QED) is 0.0262. The third-order valence-corrected chi connectivity index (χ3v) is 12.8. The van der Waals surface area contributed by atoms with Crippen molar-refractivity contribution in [2.24, 2.45) is 0 Å². The van der Waals surface area contributed by atoms with Crippen LogP contribution in [0, 0.1) is 0 Å². The zero-order valence-electron chi connectivity index (χ0n) is 45.1. The van der Waals surface area contributed by atoms with Gasteiger partial charge in [0.25, 0.3) is 0 Å². The summed E-state index contributed by atoms with van der Waals surface area (Å²) in [6, 6.07) is 0. The van der Waals surface area contributed by atoms with E-state index in [9.17, 15) is 14.4 Å².